The van der Waals surface area contributed by atoms with E-state index in [1.807, 2.05) is 12.1 Å². The maximum absolute atomic E-state index is 13.6. The molecule has 0 bridgehead atoms. The van der Waals surface area contributed by atoms with Crippen LogP contribution in [0, 0.1) is 0 Å². The van der Waals surface area contributed by atoms with Crippen LogP contribution in [0.4, 0.5) is 10.8 Å². The van der Waals surface area contributed by atoms with Gasteiger partial charge in [-0.25, -0.2) is 13.4 Å². The van der Waals surface area contributed by atoms with Crippen molar-refractivity contribution in [2.45, 2.75) is 17.9 Å². The molecule has 11 heteroatoms. The van der Waals surface area contributed by atoms with Crippen molar-refractivity contribution in [1.82, 2.24) is 4.98 Å². The average Bonchev–Trinajstić information content (AvgIpc) is 3.31. The van der Waals surface area contributed by atoms with Crippen molar-refractivity contribution in [2.24, 2.45) is 0 Å². The molecule has 4 rings (SSSR count). The Kier molecular flexibility index (Phi) is 7.84. The van der Waals surface area contributed by atoms with Crippen LogP contribution in [0.5, 0.6) is 17.2 Å². The summed E-state index contributed by atoms with van der Waals surface area (Å²) in [6, 6.07) is 16.2. The molecule has 0 saturated heterocycles. The number of carbonyl (C=O) groups excluding carboxylic acids is 1. The molecule has 37 heavy (non-hydrogen) atoms. The third-order valence-corrected chi connectivity index (χ3v) is 8.43. The summed E-state index contributed by atoms with van der Waals surface area (Å²) < 4.78 is 41.5. The molecular formula is C26H27N3O6S2. The number of fused-ring (bicyclic) bond motifs is 1. The Balaban J connectivity index is 1.68. The van der Waals surface area contributed by atoms with Crippen LogP contribution < -0.4 is 24.8 Å². The highest BCUT2D eigenvalue weighted by molar-refractivity contribution is 7.91. The minimum absolute atomic E-state index is 0.0110. The molecule has 0 radical (unpaired) electrons. The second-order valence-corrected chi connectivity index (χ2v) is 11.2. The topological polar surface area (TPSA) is 116 Å². The van der Waals surface area contributed by atoms with Gasteiger partial charge in [-0.2, -0.15) is 0 Å². The fourth-order valence-electron chi connectivity index (χ4n) is 3.74. The first-order valence-corrected chi connectivity index (χ1v) is 13.8. The number of hydrogen-bond donors (Lipinski definition) is 2. The lowest BCUT2D eigenvalue weighted by atomic mass is 10.1. The van der Waals surface area contributed by atoms with E-state index in [-0.39, 0.29) is 16.6 Å². The standard InChI is InChI=1S/C26H27N3O6S2/c1-5-37(31,32)17-12-10-16(11-13-17)24(27-18-8-6-7-9-20(18)33-2)25(30)29-26-28-19-14-21(34-3)22(35-4)15-23(19)36-26/h6-15,24,27H,5H2,1-4H3,(H,28,29,30). The number of para-hydroxylation sites is 2. The Labute approximate surface area is 219 Å². The number of carbonyl (C=O) groups is 1. The van der Waals surface area contributed by atoms with Crippen molar-refractivity contribution in [3.63, 3.8) is 0 Å². The van der Waals surface area contributed by atoms with Crippen LogP contribution in [-0.2, 0) is 14.6 Å². The quantitative estimate of drug-likeness (QED) is 0.291. The molecule has 1 atom stereocenters. The number of anilines is 2. The summed E-state index contributed by atoms with van der Waals surface area (Å²) in [6.45, 7) is 1.59. The number of thiazole rings is 1. The van der Waals surface area contributed by atoms with Crippen LogP contribution in [0.25, 0.3) is 10.2 Å². The zero-order chi connectivity index (χ0) is 26.6. The van der Waals surface area contributed by atoms with Crippen molar-refractivity contribution in [3.05, 3.63) is 66.2 Å². The van der Waals surface area contributed by atoms with Crippen molar-refractivity contribution >= 4 is 48.1 Å². The summed E-state index contributed by atoms with van der Waals surface area (Å²) >= 11 is 1.30. The van der Waals surface area contributed by atoms with Gasteiger partial charge in [-0.3, -0.25) is 10.1 Å². The van der Waals surface area contributed by atoms with Gasteiger partial charge in [0.05, 0.1) is 47.9 Å². The number of ether oxygens (including phenoxy) is 3. The van der Waals surface area contributed by atoms with Gasteiger partial charge in [-0.05, 0) is 29.8 Å². The molecule has 0 aliphatic carbocycles. The number of methoxy groups -OCH3 is 3. The highest BCUT2D eigenvalue weighted by Crippen LogP contribution is 2.37. The summed E-state index contributed by atoms with van der Waals surface area (Å²) in [7, 11) is 1.27. The van der Waals surface area contributed by atoms with Crippen LogP contribution >= 0.6 is 11.3 Å². The molecule has 1 aromatic heterocycles. The Bertz CT molecular complexity index is 1480. The van der Waals surface area contributed by atoms with Crippen molar-refractivity contribution < 1.29 is 27.4 Å². The van der Waals surface area contributed by atoms with E-state index in [9.17, 15) is 13.2 Å². The van der Waals surface area contributed by atoms with Crippen molar-refractivity contribution in [3.8, 4) is 17.2 Å². The van der Waals surface area contributed by atoms with Gasteiger partial charge in [0.25, 0.3) is 5.91 Å². The number of rotatable bonds is 10. The number of sulfone groups is 1. The minimum atomic E-state index is -3.38. The van der Waals surface area contributed by atoms with Gasteiger partial charge in [-0.15, -0.1) is 0 Å². The number of nitrogens with one attached hydrogen (secondary N) is 2. The first kappa shape index (κ1) is 26.2. The lowest BCUT2D eigenvalue weighted by Gasteiger charge is -2.21. The van der Waals surface area contributed by atoms with Crippen molar-refractivity contribution in [1.29, 1.82) is 0 Å². The number of nitrogens with zero attached hydrogens (tertiary/aromatic N) is 1. The fraction of sp³-hybridized carbons (Fsp3) is 0.231. The molecule has 9 nitrogen and oxygen atoms in total. The minimum Gasteiger partial charge on any atom is -0.495 e. The average molecular weight is 542 g/mol. The predicted molar refractivity (Wildman–Crippen MR) is 145 cm³/mol. The van der Waals surface area contributed by atoms with Gasteiger partial charge >= 0.3 is 0 Å². The third-order valence-electron chi connectivity index (χ3n) is 5.75. The van der Waals surface area contributed by atoms with Crippen LogP contribution in [-0.4, -0.2) is 46.4 Å². The van der Waals surface area contributed by atoms with Crippen LogP contribution in [0.2, 0.25) is 0 Å². The largest absolute Gasteiger partial charge is 0.495 e. The molecule has 1 unspecified atom stereocenters. The summed E-state index contributed by atoms with van der Waals surface area (Å²) in [5, 5.41) is 6.51. The van der Waals surface area contributed by atoms with Gasteiger partial charge in [0, 0.05) is 12.1 Å². The van der Waals surface area contributed by atoms with Crippen LogP contribution in [0.15, 0.2) is 65.6 Å². The highest BCUT2D eigenvalue weighted by Gasteiger charge is 2.24. The Morgan fingerprint density at radius 1 is 0.946 bits per heavy atom. The van der Waals surface area contributed by atoms with Crippen LogP contribution in [0.1, 0.15) is 18.5 Å². The van der Waals surface area contributed by atoms with E-state index < -0.39 is 15.9 Å². The molecule has 3 aromatic carbocycles. The number of hydrogen-bond acceptors (Lipinski definition) is 9. The van der Waals surface area contributed by atoms with E-state index in [2.05, 4.69) is 15.6 Å². The van der Waals surface area contributed by atoms with E-state index in [4.69, 9.17) is 14.2 Å². The molecule has 0 aliphatic heterocycles. The first-order valence-electron chi connectivity index (χ1n) is 11.3. The molecule has 1 amide bonds. The van der Waals surface area contributed by atoms with Gasteiger partial charge in [-0.1, -0.05) is 42.5 Å². The van der Waals surface area contributed by atoms with Crippen LogP contribution in [0.3, 0.4) is 0 Å². The molecular weight excluding hydrogens is 514 g/mol. The Morgan fingerprint density at radius 3 is 2.24 bits per heavy atom. The lowest BCUT2D eigenvalue weighted by Crippen LogP contribution is -2.27. The zero-order valence-corrected chi connectivity index (χ0v) is 22.4. The van der Waals surface area contributed by atoms with E-state index in [0.717, 1.165) is 4.70 Å². The summed E-state index contributed by atoms with van der Waals surface area (Å²) in [6.07, 6.45) is 0. The Hall–Kier alpha value is -3.83. The Morgan fingerprint density at radius 2 is 1.59 bits per heavy atom. The molecule has 0 fully saturated rings. The second kappa shape index (κ2) is 11.1. The zero-order valence-electron chi connectivity index (χ0n) is 20.8. The number of aromatic nitrogens is 1. The van der Waals surface area contributed by atoms with Gasteiger partial charge < -0.3 is 19.5 Å². The van der Waals surface area contributed by atoms with Gasteiger partial charge in [0.1, 0.15) is 11.8 Å². The number of amides is 1. The lowest BCUT2D eigenvalue weighted by molar-refractivity contribution is -0.117. The smallest absolute Gasteiger partial charge is 0.253 e. The molecule has 194 valence electrons. The van der Waals surface area contributed by atoms with E-state index in [1.165, 1.54) is 23.5 Å². The maximum atomic E-state index is 13.6. The van der Waals surface area contributed by atoms with Crippen molar-refractivity contribution in [2.75, 3.05) is 37.7 Å². The molecule has 2 N–H and O–H groups in total. The first-order chi connectivity index (χ1) is 17.8. The van der Waals surface area contributed by atoms with E-state index in [0.29, 0.717) is 39.1 Å². The summed E-state index contributed by atoms with van der Waals surface area (Å²) in [5.41, 5.74) is 1.83. The van der Waals surface area contributed by atoms with E-state index in [1.54, 1.807) is 64.7 Å². The monoisotopic (exact) mass is 541 g/mol. The fourth-order valence-corrected chi connectivity index (χ4v) is 5.50. The normalized spacial score (nSPS) is 12.1. The number of benzene rings is 3. The summed E-state index contributed by atoms with van der Waals surface area (Å²) in [5.74, 6) is 1.27. The van der Waals surface area contributed by atoms with Gasteiger partial charge in [0.15, 0.2) is 26.5 Å². The SMILES string of the molecule is CCS(=O)(=O)c1ccc(C(Nc2ccccc2OC)C(=O)Nc2nc3cc(OC)c(OC)cc3s2)cc1. The molecule has 0 saturated carbocycles. The highest BCUT2D eigenvalue weighted by atomic mass is 32.2. The summed E-state index contributed by atoms with van der Waals surface area (Å²) in [4.78, 5) is 18.3. The maximum Gasteiger partial charge on any atom is 0.253 e. The van der Waals surface area contributed by atoms with Gasteiger partial charge in [0.2, 0.25) is 0 Å². The third kappa shape index (κ3) is 5.62. The molecule has 4 aromatic rings. The predicted octanol–water partition coefficient (Wildman–Crippen LogP) is 4.91. The molecule has 0 spiro atoms. The second-order valence-electron chi connectivity index (χ2n) is 7.93. The van der Waals surface area contributed by atoms with E-state index >= 15 is 0 Å². The molecule has 1 heterocycles. The molecule has 0 aliphatic rings.